The van der Waals surface area contributed by atoms with Crippen molar-refractivity contribution in [1.29, 1.82) is 0 Å². The average Bonchev–Trinajstić information content (AvgIpc) is 3.00. The SMILES string of the molecule is O=S(=O)(CCCSc1nc2ccccc2s1)NCc1cccc(F)c1. The monoisotopic (exact) mass is 396 g/mol. The highest BCUT2D eigenvalue weighted by molar-refractivity contribution is 8.01. The summed E-state index contributed by atoms with van der Waals surface area (Å²) < 4.78 is 41.7. The minimum Gasteiger partial charge on any atom is -0.230 e. The summed E-state index contributed by atoms with van der Waals surface area (Å²) in [6, 6.07) is 13.8. The van der Waals surface area contributed by atoms with E-state index in [9.17, 15) is 12.8 Å². The van der Waals surface area contributed by atoms with Crippen molar-refractivity contribution in [3.63, 3.8) is 0 Å². The molecule has 0 saturated carbocycles. The molecule has 0 bridgehead atoms. The summed E-state index contributed by atoms with van der Waals surface area (Å²) >= 11 is 3.18. The summed E-state index contributed by atoms with van der Waals surface area (Å²) in [6.45, 7) is 0.102. The number of thiazole rings is 1. The molecule has 0 radical (unpaired) electrons. The Bertz CT molecular complexity index is 924. The van der Waals surface area contributed by atoms with Crippen LogP contribution in [0.1, 0.15) is 12.0 Å². The van der Waals surface area contributed by atoms with E-state index < -0.39 is 10.0 Å². The number of nitrogens with one attached hydrogen (secondary N) is 1. The lowest BCUT2D eigenvalue weighted by Gasteiger charge is -2.06. The first kappa shape index (κ1) is 18.3. The van der Waals surface area contributed by atoms with E-state index in [-0.39, 0.29) is 18.1 Å². The molecule has 0 amide bonds. The van der Waals surface area contributed by atoms with Crippen molar-refractivity contribution in [2.45, 2.75) is 17.3 Å². The quantitative estimate of drug-likeness (QED) is 0.461. The summed E-state index contributed by atoms with van der Waals surface area (Å²) in [4.78, 5) is 4.51. The average molecular weight is 397 g/mol. The number of benzene rings is 2. The predicted octanol–water partition coefficient (Wildman–Crippen LogP) is 4.04. The molecule has 1 aromatic heterocycles. The molecule has 1 N–H and O–H groups in total. The van der Waals surface area contributed by atoms with Crippen molar-refractivity contribution in [2.75, 3.05) is 11.5 Å². The first-order valence-electron chi connectivity index (χ1n) is 7.72. The van der Waals surface area contributed by atoms with Crippen LogP contribution in [-0.4, -0.2) is 24.9 Å². The molecular formula is C17H17FN2O2S3. The van der Waals surface area contributed by atoms with Gasteiger partial charge in [-0.2, -0.15) is 0 Å². The second-order valence-corrected chi connectivity index (χ2v) is 9.72. The van der Waals surface area contributed by atoms with Gasteiger partial charge in [0, 0.05) is 12.3 Å². The number of aromatic nitrogens is 1. The molecule has 0 atom stereocenters. The zero-order valence-electron chi connectivity index (χ0n) is 13.3. The van der Waals surface area contributed by atoms with Crippen LogP contribution in [0.2, 0.25) is 0 Å². The summed E-state index contributed by atoms with van der Waals surface area (Å²) in [7, 11) is -3.37. The molecule has 25 heavy (non-hydrogen) atoms. The largest absolute Gasteiger partial charge is 0.230 e. The maximum Gasteiger partial charge on any atom is 0.211 e. The van der Waals surface area contributed by atoms with E-state index in [1.807, 2.05) is 24.3 Å². The fourth-order valence-corrected chi connectivity index (χ4v) is 5.55. The number of sulfonamides is 1. The number of nitrogens with zero attached hydrogens (tertiary/aromatic N) is 1. The van der Waals surface area contributed by atoms with Crippen molar-refractivity contribution < 1.29 is 12.8 Å². The third kappa shape index (κ3) is 5.50. The molecule has 2 aromatic carbocycles. The maximum absolute atomic E-state index is 13.1. The van der Waals surface area contributed by atoms with Crippen LogP contribution >= 0.6 is 23.1 Å². The first-order valence-corrected chi connectivity index (χ1v) is 11.2. The van der Waals surface area contributed by atoms with Gasteiger partial charge in [-0.1, -0.05) is 36.0 Å². The van der Waals surface area contributed by atoms with Crippen LogP contribution in [0.3, 0.4) is 0 Å². The van der Waals surface area contributed by atoms with Gasteiger partial charge in [0.05, 0.1) is 16.0 Å². The summed E-state index contributed by atoms with van der Waals surface area (Å²) in [5.41, 5.74) is 1.58. The van der Waals surface area contributed by atoms with E-state index in [4.69, 9.17) is 0 Å². The molecule has 1 heterocycles. The zero-order valence-corrected chi connectivity index (χ0v) is 15.8. The van der Waals surface area contributed by atoms with Crippen LogP contribution in [0.15, 0.2) is 52.9 Å². The second-order valence-electron chi connectivity index (χ2n) is 5.42. The number of rotatable bonds is 8. The molecular weight excluding hydrogens is 379 g/mol. The summed E-state index contributed by atoms with van der Waals surface area (Å²) in [5.74, 6) is 0.352. The number of para-hydroxylation sites is 1. The maximum atomic E-state index is 13.1. The summed E-state index contributed by atoms with van der Waals surface area (Å²) in [5, 5.41) is 0. The molecule has 0 unspecified atom stereocenters. The van der Waals surface area contributed by atoms with E-state index in [0.29, 0.717) is 17.7 Å². The van der Waals surface area contributed by atoms with Crippen LogP contribution in [0, 0.1) is 5.82 Å². The van der Waals surface area contributed by atoms with Crippen LogP contribution in [0.5, 0.6) is 0 Å². The molecule has 0 aliphatic rings. The Balaban J connectivity index is 1.44. The highest BCUT2D eigenvalue weighted by atomic mass is 32.2. The standard InChI is InChI=1S/C17H17FN2O2S3/c18-14-6-3-5-13(11-14)12-19-25(21,22)10-4-9-23-17-20-15-7-1-2-8-16(15)24-17/h1-3,5-8,11,19H,4,9-10,12H2. The number of hydrogen-bond acceptors (Lipinski definition) is 5. The van der Waals surface area contributed by atoms with Gasteiger partial charge < -0.3 is 0 Å². The fraction of sp³-hybridized carbons (Fsp3) is 0.235. The Kier molecular flexibility index (Phi) is 6.06. The van der Waals surface area contributed by atoms with Crippen LogP contribution in [0.25, 0.3) is 10.2 Å². The smallest absolute Gasteiger partial charge is 0.211 e. The van der Waals surface area contributed by atoms with Crippen LogP contribution in [-0.2, 0) is 16.6 Å². The molecule has 3 rings (SSSR count). The Hall–Kier alpha value is -1.48. The number of halogens is 1. The Labute approximate surface area is 154 Å². The van der Waals surface area contributed by atoms with Crippen molar-refractivity contribution in [3.8, 4) is 0 Å². The predicted molar refractivity (Wildman–Crippen MR) is 102 cm³/mol. The van der Waals surface area contributed by atoms with E-state index in [0.717, 1.165) is 14.6 Å². The third-order valence-electron chi connectivity index (χ3n) is 3.44. The van der Waals surface area contributed by atoms with Crippen molar-refractivity contribution in [2.24, 2.45) is 0 Å². The van der Waals surface area contributed by atoms with Crippen molar-refractivity contribution >= 4 is 43.3 Å². The number of hydrogen-bond donors (Lipinski definition) is 1. The number of fused-ring (bicyclic) bond motifs is 1. The molecule has 0 spiro atoms. The molecule has 4 nitrogen and oxygen atoms in total. The van der Waals surface area contributed by atoms with Crippen molar-refractivity contribution in [3.05, 3.63) is 59.9 Å². The van der Waals surface area contributed by atoms with Gasteiger partial charge in [-0.25, -0.2) is 22.5 Å². The van der Waals surface area contributed by atoms with Crippen LogP contribution < -0.4 is 4.72 Å². The Morgan fingerprint density at radius 2 is 2.00 bits per heavy atom. The van der Waals surface area contributed by atoms with Gasteiger partial charge in [-0.15, -0.1) is 11.3 Å². The van der Waals surface area contributed by atoms with Gasteiger partial charge in [0.25, 0.3) is 0 Å². The van der Waals surface area contributed by atoms with Crippen molar-refractivity contribution in [1.82, 2.24) is 9.71 Å². The van der Waals surface area contributed by atoms with Gasteiger partial charge in [0.1, 0.15) is 5.82 Å². The number of thioether (sulfide) groups is 1. The molecule has 8 heteroatoms. The molecule has 0 saturated heterocycles. The fourth-order valence-electron chi connectivity index (χ4n) is 2.23. The lowest BCUT2D eigenvalue weighted by molar-refractivity contribution is 0.579. The van der Waals surface area contributed by atoms with E-state index in [1.54, 1.807) is 35.2 Å². The molecule has 132 valence electrons. The van der Waals surface area contributed by atoms with E-state index >= 15 is 0 Å². The van der Waals surface area contributed by atoms with E-state index in [2.05, 4.69) is 9.71 Å². The van der Waals surface area contributed by atoms with Crippen LogP contribution in [0.4, 0.5) is 4.39 Å². The normalized spacial score (nSPS) is 11.9. The van der Waals surface area contributed by atoms with Gasteiger partial charge in [-0.05, 0) is 36.2 Å². The molecule has 3 aromatic rings. The molecule has 0 fully saturated rings. The molecule has 0 aliphatic heterocycles. The van der Waals surface area contributed by atoms with Gasteiger partial charge in [-0.3, -0.25) is 0 Å². The minimum atomic E-state index is -3.37. The van der Waals surface area contributed by atoms with Gasteiger partial charge in [0.15, 0.2) is 4.34 Å². The Morgan fingerprint density at radius 1 is 1.16 bits per heavy atom. The second kappa shape index (κ2) is 8.27. The van der Waals surface area contributed by atoms with Gasteiger partial charge >= 0.3 is 0 Å². The lowest BCUT2D eigenvalue weighted by Crippen LogP contribution is -2.26. The highest BCUT2D eigenvalue weighted by Gasteiger charge is 2.11. The highest BCUT2D eigenvalue weighted by Crippen LogP contribution is 2.29. The zero-order chi connectivity index (χ0) is 17.7. The van der Waals surface area contributed by atoms with E-state index in [1.165, 1.54) is 12.1 Å². The van der Waals surface area contributed by atoms with Gasteiger partial charge in [0.2, 0.25) is 10.0 Å². The molecule has 0 aliphatic carbocycles. The first-order chi connectivity index (χ1) is 12.0. The third-order valence-corrected chi connectivity index (χ3v) is 7.12. The minimum absolute atomic E-state index is 0.0419. The lowest BCUT2D eigenvalue weighted by atomic mass is 10.2. The topological polar surface area (TPSA) is 59.1 Å². The Morgan fingerprint density at radius 3 is 2.80 bits per heavy atom. The summed E-state index contributed by atoms with van der Waals surface area (Å²) in [6.07, 6.45) is 0.527.